The molecule has 1 saturated heterocycles. The third-order valence-corrected chi connectivity index (χ3v) is 3.58. The zero-order valence-corrected chi connectivity index (χ0v) is 11.5. The summed E-state index contributed by atoms with van der Waals surface area (Å²) in [6.07, 6.45) is 2.62. The van der Waals surface area contributed by atoms with Crippen LogP contribution in [-0.2, 0) is 0 Å². The number of hydrogen-bond donors (Lipinski definition) is 1. The number of pyridine rings is 1. The van der Waals surface area contributed by atoms with E-state index < -0.39 is 5.82 Å². The summed E-state index contributed by atoms with van der Waals surface area (Å²) in [5.74, 6) is 0.284. The molecule has 1 aromatic heterocycles. The number of halogens is 1. The molecule has 108 valence electrons. The number of benzene rings is 1. The van der Waals surface area contributed by atoms with Gasteiger partial charge in [-0.2, -0.15) is 0 Å². The van der Waals surface area contributed by atoms with E-state index in [1.165, 1.54) is 12.1 Å². The molecular formula is C16H16FN3O. The van der Waals surface area contributed by atoms with Crippen molar-refractivity contribution in [3.63, 3.8) is 0 Å². The monoisotopic (exact) mass is 285 g/mol. The van der Waals surface area contributed by atoms with Gasteiger partial charge < -0.3 is 10.2 Å². The zero-order valence-electron chi connectivity index (χ0n) is 11.5. The number of carbonyl (C=O) groups is 1. The number of anilines is 1. The van der Waals surface area contributed by atoms with E-state index in [0.717, 1.165) is 25.3 Å². The van der Waals surface area contributed by atoms with Crippen LogP contribution in [0.5, 0.6) is 0 Å². The van der Waals surface area contributed by atoms with Crippen LogP contribution in [-0.4, -0.2) is 30.0 Å². The van der Waals surface area contributed by atoms with E-state index >= 15 is 0 Å². The molecule has 0 spiro atoms. The number of amides is 1. The Bertz CT molecular complexity index is 632. The van der Waals surface area contributed by atoms with E-state index in [4.69, 9.17) is 0 Å². The van der Waals surface area contributed by atoms with E-state index in [9.17, 15) is 9.18 Å². The highest BCUT2D eigenvalue weighted by molar-refractivity contribution is 5.94. The maximum atomic E-state index is 13.1. The van der Waals surface area contributed by atoms with Crippen LogP contribution in [0.15, 0.2) is 48.7 Å². The first-order chi connectivity index (χ1) is 10.2. The first kappa shape index (κ1) is 13.5. The highest BCUT2D eigenvalue weighted by atomic mass is 19.1. The molecule has 1 N–H and O–H groups in total. The van der Waals surface area contributed by atoms with Gasteiger partial charge in [-0.3, -0.25) is 4.79 Å². The molecule has 0 radical (unpaired) electrons. The lowest BCUT2D eigenvalue weighted by Crippen LogP contribution is -2.37. The molecule has 1 aliphatic rings. The molecule has 1 aromatic carbocycles. The topological polar surface area (TPSA) is 45.2 Å². The molecule has 1 fully saturated rings. The van der Waals surface area contributed by atoms with Gasteiger partial charge in [0.1, 0.15) is 11.6 Å². The SMILES string of the molecule is O=C(N[C@@H]1CCN(c2ccccn2)C1)c1cccc(F)c1. The summed E-state index contributed by atoms with van der Waals surface area (Å²) in [4.78, 5) is 18.5. The fraction of sp³-hybridized carbons (Fsp3) is 0.250. The molecule has 0 unspecified atom stereocenters. The lowest BCUT2D eigenvalue weighted by Gasteiger charge is -2.17. The normalized spacial score (nSPS) is 17.8. The first-order valence-electron chi connectivity index (χ1n) is 6.95. The number of rotatable bonds is 3. The van der Waals surface area contributed by atoms with Crippen LogP contribution >= 0.6 is 0 Å². The van der Waals surface area contributed by atoms with Gasteiger partial charge in [0, 0.05) is 30.9 Å². The van der Waals surface area contributed by atoms with Gasteiger partial charge in [-0.15, -0.1) is 0 Å². The van der Waals surface area contributed by atoms with Gasteiger partial charge in [0.25, 0.3) is 5.91 Å². The number of nitrogens with one attached hydrogen (secondary N) is 1. The zero-order chi connectivity index (χ0) is 14.7. The number of aromatic nitrogens is 1. The van der Waals surface area contributed by atoms with E-state index in [2.05, 4.69) is 15.2 Å². The highest BCUT2D eigenvalue weighted by Crippen LogP contribution is 2.17. The molecule has 1 atom stereocenters. The standard InChI is InChI=1S/C16H16FN3O/c17-13-5-3-4-12(10-13)16(21)19-14-7-9-20(11-14)15-6-1-2-8-18-15/h1-6,8,10,14H,7,9,11H2,(H,19,21)/t14-/m1/s1. The highest BCUT2D eigenvalue weighted by Gasteiger charge is 2.25. The summed E-state index contributed by atoms with van der Waals surface area (Å²) in [7, 11) is 0. The van der Waals surface area contributed by atoms with Gasteiger partial charge in [-0.05, 0) is 36.8 Å². The minimum atomic E-state index is -0.399. The predicted octanol–water partition coefficient (Wildman–Crippen LogP) is 2.23. The van der Waals surface area contributed by atoms with E-state index in [1.54, 1.807) is 18.3 Å². The van der Waals surface area contributed by atoms with Crippen LogP contribution in [0.3, 0.4) is 0 Å². The molecule has 1 amide bonds. The Hall–Kier alpha value is -2.43. The minimum absolute atomic E-state index is 0.0581. The molecule has 2 aromatic rings. The number of nitrogens with zero attached hydrogens (tertiary/aromatic N) is 2. The lowest BCUT2D eigenvalue weighted by atomic mass is 10.2. The van der Waals surface area contributed by atoms with Crippen molar-refractivity contribution >= 4 is 11.7 Å². The smallest absolute Gasteiger partial charge is 0.251 e. The van der Waals surface area contributed by atoms with Crippen molar-refractivity contribution in [2.24, 2.45) is 0 Å². The summed E-state index contributed by atoms with van der Waals surface area (Å²) in [6.45, 7) is 1.57. The van der Waals surface area contributed by atoms with Crippen molar-refractivity contribution in [2.45, 2.75) is 12.5 Å². The van der Waals surface area contributed by atoms with Crippen molar-refractivity contribution < 1.29 is 9.18 Å². The van der Waals surface area contributed by atoms with Crippen molar-refractivity contribution in [1.29, 1.82) is 0 Å². The van der Waals surface area contributed by atoms with Gasteiger partial charge in [0.2, 0.25) is 0 Å². The molecule has 5 heteroatoms. The van der Waals surface area contributed by atoms with Crippen LogP contribution in [0.25, 0.3) is 0 Å². The molecule has 0 aliphatic carbocycles. The largest absolute Gasteiger partial charge is 0.354 e. The molecule has 0 bridgehead atoms. The van der Waals surface area contributed by atoms with E-state index in [1.807, 2.05) is 18.2 Å². The second-order valence-corrected chi connectivity index (χ2v) is 5.10. The van der Waals surface area contributed by atoms with Crippen LogP contribution in [0.2, 0.25) is 0 Å². The molecule has 21 heavy (non-hydrogen) atoms. The third kappa shape index (κ3) is 3.18. The quantitative estimate of drug-likeness (QED) is 0.940. The third-order valence-electron chi connectivity index (χ3n) is 3.58. The van der Waals surface area contributed by atoms with E-state index in [0.29, 0.717) is 5.56 Å². The van der Waals surface area contributed by atoms with Crippen molar-refractivity contribution in [1.82, 2.24) is 10.3 Å². The Morgan fingerprint density at radius 3 is 2.95 bits per heavy atom. The number of carbonyl (C=O) groups excluding carboxylic acids is 1. The maximum Gasteiger partial charge on any atom is 0.251 e. The van der Waals surface area contributed by atoms with Crippen LogP contribution in [0.4, 0.5) is 10.2 Å². The van der Waals surface area contributed by atoms with Gasteiger partial charge in [-0.25, -0.2) is 9.37 Å². The summed E-state index contributed by atoms with van der Waals surface area (Å²) >= 11 is 0. The minimum Gasteiger partial charge on any atom is -0.354 e. The fourth-order valence-electron chi connectivity index (χ4n) is 2.53. The molecule has 2 heterocycles. The van der Waals surface area contributed by atoms with Crippen LogP contribution in [0.1, 0.15) is 16.8 Å². The second-order valence-electron chi connectivity index (χ2n) is 5.10. The summed E-state index contributed by atoms with van der Waals surface area (Å²) < 4.78 is 13.1. The second kappa shape index (κ2) is 5.91. The summed E-state index contributed by atoms with van der Waals surface area (Å²) in [6, 6.07) is 11.6. The van der Waals surface area contributed by atoms with Crippen molar-refractivity contribution in [2.75, 3.05) is 18.0 Å². The Morgan fingerprint density at radius 1 is 1.29 bits per heavy atom. The van der Waals surface area contributed by atoms with Gasteiger partial charge in [0.15, 0.2) is 0 Å². The average Bonchev–Trinajstić information content (AvgIpc) is 2.97. The molecule has 4 nitrogen and oxygen atoms in total. The van der Waals surface area contributed by atoms with Gasteiger partial charge in [0.05, 0.1) is 0 Å². The maximum absolute atomic E-state index is 13.1. The van der Waals surface area contributed by atoms with Gasteiger partial charge >= 0.3 is 0 Å². The Labute approximate surface area is 122 Å². The summed E-state index contributed by atoms with van der Waals surface area (Å²) in [5, 5.41) is 2.95. The summed E-state index contributed by atoms with van der Waals surface area (Å²) in [5.41, 5.74) is 0.353. The van der Waals surface area contributed by atoms with Gasteiger partial charge in [-0.1, -0.05) is 12.1 Å². The van der Waals surface area contributed by atoms with Crippen molar-refractivity contribution in [3.05, 3.63) is 60.0 Å². The number of hydrogen-bond acceptors (Lipinski definition) is 3. The van der Waals surface area contributed by atoms with Crippen LogP contribution < -0.4 is 10.2 Å². The lowest BCUT2D eigenvalue weighted by molar-refractivity contribution is 0.0940. The fourth-order valence-corrected chi connectivity index (χ4v) is 2.53. The van der Waals surface area contributed by atoms with Crippen molar-refractivity contribution in [3.8, 4) is 0 Å². The predicted molar refractivity (Wildman–Crippen MR) is 78.7 cm³/mol. The van der Waals surface area contributed by atoms with E-state index in [-0.39, 0.29) is 11.9 Å². The molecule has 0 saturated carbocycles. The average molecular weight is 285 g/mol. The Balaban J connectivity index is 1.61. The Kier molecular flexibility index (Phi) is 3.81. The van der Waals surface area contributed by atoms with Crippen LogP contribution in [0, 0.1) is 5.82 Å². The first-order valence-corrected chi connectivity index (χ1v) is 6.95. The Morgan fingerprint density at radius 2 is 2.19 bits per heavy atom. The molecule has 1 aliphatic heterocycles. The molecular weight excluding hydrogens is 269 g/mol. The molecule has 3 rings (SSSR count).